The molecule has 0 saturated carbocycles. The molecule has 8 N–H and O–H groups in total. The lowest BCUT2D eigenvalue weighted by atomic mass is 10.0. The Morgan fingerprint density at radius 2 is 1.61 bits per heavy atom. The van der Waals surface area contributed by atoms with Crippen LogP contribution < -0.4 is 21.7 Å². The zero-order valence-corrected chi connectivity index (χ0v) is 20.4. The van der Waals surface area contributed by atoms with Gasteiger partial charge in [-0.25, -0.2) is 4.79 Å². The molecule has 1 aromatic heterocycles. The molecule has 4 unspecified atom stereocenters. The second kappa shape index (κ2) is 12.7. The average molecular weight is 504 g/mol. The van der Waals surface area contributed by atoms with Crippen molar-refractivity contribution >= 4 is 40.6 Å². The first-order valence-electron chi connectivity index (χ1n) is 11.6. The maximum absolute atomic E-state index is 12.7. The number of aromatic nitrogens is 1. The number of H-pyrrole nitrogens is 1. The van der Waals surface area contributed by atoms with Crippen LogP contribution in [0.15, 0.2) is 30.5 Å². The minimum atomic E-state index is -1.31. The van der Waals surface area contributed by atoms with Crippen LogP contribution in [-0.2, 0) is 30.4 Å². The van der Waals surface area contributed by atoms with E-state index in [2.05, 4.69) is 20.9 Å². The maximum Gasteiger partial charge on any atom is 0.326 e. The Kier molecular flexibility index (Phi) is 9.97. The van der Waals surface area contributed by atoms with Crippen LogP contribution in [0, 0.1) is 5.92 Å². The fraction of sp³-hybridized carbons (Fsp3) is 0.458. The molecule has 36 heavy (non-hydrogen) atoms. The average Bonchev–Trinajstić information content (AvgIpc) is 3.21. The van der Waals surface area contributed by atoms with E-state index in [9.17, 15) is 29.1 Å². The van der Waals surface area contributed by atoms with Crippen molar-refractivity contribution in [1.29, 1.82) is 0 Å². The summed E-state index contributed by atoms with van der Waals surface area (Å²) in [6.45, 7) is 4.59. The van der Waals surface area contributed by atoms with E-state index in [1.54, 1.807) is 20.0 Å². The van der Waals surface area contributed by atoms with Crippen LogP contribution in [0.4, 0.5) is 0 Å². The molecule has 2 rings (SSSR count). The molecule has 1 aromatic carbocycles. The quantitative estimate of drug-likeness (QED) is 0.199. The number of carbonyl (C=O) groups excluding carboxylic acids is 3. The van der Waals surface area contributed by atoms with Gasteiger partial charge < -0.3 is 36.9 Å². The van der Waals surface area contributed by atoms with Crippen molar-refractivity contribution in [2.75, 3.05) is 0 Å². The van der Waals surface area contributed by atoms with Gasteiger partial charge in [-0.1, -0.05) is 32.0 Å². The first-order chi connectivity index (χ1) is 16.9. The van der Waals surface area contributed by atoms with Crippen LogP contribution in [0.5, 0.6) is 0 Å². The molecule has 0 fully saturated rings. The normalized spacial score (nSPS) is 14.5. The first kappa shape index (κ1) is 28.3. The molecule has 0 spiro atoms. The van der Waals surface area contributed by atoms with Crippen molar-refractivity contribution in [1.82, 2.24) is 20.9 Å². The van der Waals surface area contributed by atoms with E-state index in [4.69, 9.17) is 10.8 Å². The number of para-hydroxylation sites is 1. The largest absolute Gasteiger partial charge is 0.481 e. The van der Waals surface area contributed by atoms with Gasteiger partial charge in [0.25, 0.3) is 0 Å². The highest BCUT2D eigenvalue weighted by Crippen LogP contribution is 2.18. The Labute approximate surface area is 208 Å². The summed E-state index contributed by atoms with van der Waals surface area (Å²) in [4.78, 5) is 63.5. The third kappa shape index (κ3) is 7.80. The van der Waals surface area contributed by atoms with E-state index in [0.717, 1.165) is 16.5 Å². The molecule has 0 aliphatic carbocycles. The van der Waals surface area contributed by atoms with E-state index < -0.39 is 66.2 Å². The summed E-state index contributed by atoms with van der Waals surface area (Å²) in [6.07, 6.45) is 1.28. The molecule has 3 amide bonds. The fourth-order valence-electron chi connectivity index (χ4n) is 3.62. The lowest BCUT2D eigenvalue weighted by Crippen LogP contribution is -2.57. The Bertz CT molecular complexity index is 1110. The summed E-state index contributed by atoms with van der Waals surface area (Å²) < 4.78 is 0. The third-order valence-corrected chi connectivity index (χ3v) is 5.71. The molecule has 0 aliphatic heterocycles. The fourth-order valence-corrected chi connectivity index (χ4v) is 3.62. The van der Waals surface area contributed by atoms with E-state index in [0.29, 0.717) is 0 Å². The van der Waals surface area contributed by atoms with Crippen LogP contribution >= 0.6 is 0 Å². The number of fused-ring (bicyclic) bond motifs is 1. The van der Waals surface area contributed by atoms with Gasteiger partial charge in [0.15, 0.2) is 0 Å². The van der Waals surface area contributed by atoms with Crippen LogP contribution in [0.1, 0.15) is 39.2 Å². The molecule has 0 bridgehead atoms. The number of benzene rings is 1. The highest BCUT2D eigenvalue weighted by Gasteiger charge is 2.30. The highest BCUT2D eigenvalue weighted by atomic mass is 16.4. The standard InChI is InChI=1S/C24H33N5O7/c1-12(2)20(24(35)36)29-23(34)18(8-9-19(30)31)28-21(32)13(3)27-22(33)16(25)10-14-11-26-17-7-5-4-6-15(14)17/h4-7,11-13,16,18,20,26H,8-10,25H2,1-3H3,(H,27,33)(H,28,32)(H,29,34)(H,30,31)(H,35,36). The number of aromatic amines is 1. The summed E-state index contributed by atoms with van der Waals surface area (Å²) in [7, 11) is 0. The first-order valence-corrected chi connectivity index (χ1v) is 11.6. The van der Waals surface area contributed by atoms with Crippen molar-refractivity contribution < 1.29 is 34.2 Å². The van der Waals surface area contributed by atoms with Gasteiger partial charge in [-0.15, -0.1) is 0 Å². The number of rotatable bonds is 13. The van der Waals surface area contributed by atoms with E-state index in [1.807, 2.05) is 24.3 Å². The maximum atomic E-state index is 12.7. The zero-order chi connectivity index (χ0) is 27.0. The van der Waals surface area contributed by atoms with Crippen LogP contribution in [-0.4, -0.2) is 69.0 Å². The Hall–Kier alpha value is -3.93. The van der Waals surface area contributed by atoms with Gasteiger partial charge in [0.2, 0.25) is 17.7 Å². The molecular formula is C24H33N5O7. The Morgan fingerprint density at radius 3 is 2.22 bits per heavy atom. The molecule has 2 aromatic rings. The molecule has 12 nitrogen and oxygen atoms in total. The monoisotopic (exact) mass is 503 g/mol. The van der Waals surface area contributed by atoms with Crippen molar-refractivity contribution in [3.8, 4) is 0 Å². The number of nitrogens with one attached hydrogen (secondary N) is 4. The number of amides is 3. The predicted octanol–water partition coefficient (Wildman–Crippen LogP) is 0.117. The molecule has 12 heteroatoms. The number of carboxylic acid groups (broad SMARTS) is 2. The number of carbonyl (C=O) groups is 5. The molecular weight excluding hydrogens is 470 g/mol. The lowest BCUT2D eigenvalue weighted by molar-refractivity contribution is -0.144. The summed E-state index contributed by atoms with van der Waals surface area (Å²) in [5, 5.41) is 26.4. The number of hydrogen-bond acceptors (Lipinski definition) is 6. The van der Waals surface area contributed by atoms with E-state index >= 15 is 0 Å². The number of hydrogen-bond donors (Lipinski definition) is 7. The summed E-state index contributed by atoms with van der Waals surface area (Å²) in [5.74, 6) is -5.05. The second-order valence-electron chi connectivity index (χ2n) is 8.96. The van der Waals surface area contributed by atoms with Crippen molar-refractivity contribution in [2.24, 2.45) is 11.7 Å². The van der Waals surface area contributed by atoms with Crippen LogP contribution in [0.25, 0.3) is 10.9 Å². The Balaban J connectivity index is 2.01. The molecule has 1 heterocycles. The molecule has 0 aliphatic rings. The summed E-state index contributed by atoms with van der Waals surface area (Å²) in [5.41, 5.74) is 7.79. The summed E-state index contributed by atoms with van der Waals surface area (Å²) >= 11 is 0. The van der Waals surface area contributed by atoms with Gasteiger partial charge in [-0.3, -0.25) is 19.2 Å². The summed E-state index contributed by atoms with van der Waals surface area (Å²) in [6, 6.07) is 2.97. The highest BCUT2D eigenvalue weighted by molar-refractivity contribution is 5.94. The van der Waals surface area contributed by atoms with Gasteiger partial charge in [0, 0.05) is 23.5 Å². The van der Waals surface area contributed by atoms with Crippen LogP contribution in [0.2, 0.25) is 0 Å². The van der Waals surface area contributed by atoms with Gasteiger partial charge in [-0.05, 0) is 37.3 Å². The van der Waals surface area contributed by atoms with Crippen molar-refractivity contribution in [3.05, 3.63) is 36.0 Å². The smallest absolute Gasteiger partial charge is 0.326 e. The minimum absolute atomic E-state index is 0.222. The minimum Gasteiger partial charge on any atom is -0.481 e. The van der Waals surface area contributed by atoms with Gasteiger partial charge in [0.05, 0.1) is 6.04 Å². The lowest BCUT2D eigenvalue weighted by Gasteiger charge is -2.24. The van der Waals surface area contributed by atoms with E-state index in [-0.39, 0.29) is 12.8 Å². The molecule has 196 valence electrons. The number of carboxylic acids is 2. The van der Waals surface area contributed by atoms with Gasteiger partial charge >= 0.3 is 11.9 Å². The van der Waals surface area contributed by atoms with Gasteiger partial charge in [0.1, 0.15) is 18.1 Å². The molecule has 0 radical (unpaired) electrons. The van der Waals surface area contributed by atoms with Crippen molar-refractivity contribution in [2.45, 2.75) is 64.2 Å². The van der Waals surface area contributed by atoms with Crippen LogP contribution in [0.3, 0.4) is 0 Å². The van der Waals surface area contributed by atoms with Crippen molar-refractivity contribution in [3.63, 3.8) is 0 Å². The number of nitrogens with two attached hydrogens (primary N) is 1. The topological polar surface area (TPSA) is 204 Å². The van der Waals surface area contributed by atoms with E-state index in [1.165, 1.54) is 6.92 Å². The SMILES string of the molecule is CC(NC(=O)C(N)Cc1c[nH]c2ccccc12)C(=O)NC(CCC(=O)O)C(=O)NC(C(=O)O)C(C)C. The van der Waals surface area contributed by atoms with Gasteiger partial charge in [-0.2, -0.15) is 0 Å². The number of aliphatic carboxylic acids is 2. The molecule has 4 atom stereocenters. The zero-order valence-electron chi connectivity index (χ0n) is 20.4. The predicted molar refractivity (Wildman–Crippen MR) is 131 cm³/mol. The third-order valence-electron chi connectivity index (χ3n) is 5.71. The molecule has 0 saturated heterocycles. The Morgan fingerprint density at radius 1 is 0.944 bits per heavy atom. The second-order valence-corrected chi connectivity index (χ2v) is 8.96.